The molecule has 0 aromatic heterocycles. The summed E-state index contributed by atoms with van der Waals surface area (Å²) >= 11 is 0. The fraction of sp³-hybridized carbons (Fsp3) is 0.556. The maximum Gasteiger partial charge on any atom is 0.240 e. The lowest BCUT2D eigenvalue weighted by molar-refractivity contribution is -0.134. The van der Waals surface area contributed by atoms with E-state index in [9.17, 15) is 9.59 Å². The highest BCUT2D eigenvalue weighted by Crippen LogP contribution is 2.47. The molecule has 2 amide bonds. The normalized spacial score (nSPS) is 15.0. The van der Waals surface area contributed by atoms with Crippen LogP contribution in [0.5, 0.6) is 5.75 Å². The molecular weight excluding hydrogens is 308 g/mol. The first-order valence-electron chi connectivity index (χ1n) is 8.34. The van der Waals surface area contributed by atoms with Crippen LogP contribution in [0.2, 0.25) is 0 Å². The molecule has 1 aromatic rings. The van der Waals surface area contributed by atoms with Crippen LogP contribution in [-0.4, -0.2) is 38.2 Å². The minimum atomic E-state index is -0.946. The number of ether oxygens (including phenoxy) is 2. The summed E-state index contributed by atoms with van der Waals surface area (Å²) < 4.78 is 10.7. The summed E-state index contributed by atoms with van der Waals surface area (Å²) in [5, 5.41) is 5.67. The van der Waals surface area contributed by atoms with Crippen molar-refractivity contribution in [3.63, 3.8) is 0 Å². The number of hydrogen-bond donors (Lipinski definition) is 2. The Hall–Kier alpha value is -2.08. The number of hydrogen-bond acceptors (Lipinski definition) is 4. The second-order valence-electron chi connectivity index (χ2n) is 6.30. The number of methoxy groups -OCH3 is 1. The summed E-state index contributed by atoms with van der Waals surface area (Å²) in [4.78, 5) is 25.0. The van der Waals surface area contributed by atoms with Crippen LogP contribution in [0.15, 0.2) is 24.3 Å². The first-order chi connectivity index (χ1) is 11.5. The van der Waals surface area contributed by atoms with Crippen LogP contribution in [-0.2, 0) is 14.3 Å². The van der Waals surface area contributed by atoms with E-state index in [0.717, 1.165) is 6.42 Å². The first kappa shape index (κ1) is 18.3. The highest BCUT2D eigenvalue weighted by Gasteiger charge is 2.56. The van der Waals surface area contributed by atoms with Gasteiger partial charge >= 0.3 is 0 Å². The van der Waals surface area contributed by atoms with Gasteiger partial charge in [0.15, 0.2) is 0 Å². The molecule has 0 atom stereocenters. The highest BCUT2D eigenvalue weighted by atomic mass is 16.5. The molecule has 6 nitrogen and oxygen atoms in total. The summed E-state index contributed by atoms with van der Waals surface area (Å²) in [6, 6.07) is 7.26. The summed E-state index contributed by atoms with van der Waals surface area (Å²) in [5.41, 5.74) is -0.354. The maximum absolute atomic E-state index is 12.6. The van der Waals surface area contributed by atoms with Crippen molar-refractivity contribution in [3.05, 3.63) is 24.3 Å². The molecule has 0 saturated heterocycles. The molecule has 2 rings (SSSR count). The van der Waals surface area contributed by atoms with Crippen LogP contribution in [0.25, 0.3) is 0 Å². The molecule has 1 aliphatic rings. The summed E-state index contributed by atoms with van der Waals surface area (Å²) in [6.45, 7) is 4.94. The van der Waals surface area contributed by atoms with Crippen molar-refractivity contribution >= 4 is 17.5 Å². The molecule has 0 heterocycles. The molecule has 1 saturated carbocycles. The van der Waals surface area contributed by atoms with Crippen LogP contribution in [0.1, 0.15) is 33.1 Å². The zero-order valence-electron chi connectivity index (χ0n) is 14.6. The monoisotopic (exact) mass is 334 g/mol. The average molecular weight is 334 g/mol. The molecular formula is C18H26N2O4. The van der Waals surface area contributed by atoms with E-state index in [4.69, 9.17) is 9.47 Å². The molecule has 0 unspecified atom stereocenters. The molecule has 0 bridgehead atoms. The van der Waals surface area contributed by atoms with Gasteiger partial charge in [0, 0.05) is 20.3 Å². The Morgan fingerprint density at radius 3 is 2.54 bits per heavy atom. The topological polar surface area (TPSA) is 76.7 Å². The Kier molecular flexibility index (Phi) is 6.20. The lowest BCUT2D eigenvalue weighted by Crippen LogP contribution is -2.40. The third kappa shape index (κ3) is 4.47. The number of rotatable bonds is 9. The number of amides is 2. The Bertz CT molecular complexity index is 582. The molecule has 1 aromatic carbocycles. The molecule has 2 N–H and O–H groups in total. The van der Waals surface area contributed by atoms with Crippen molar-refractivity contribution in [1.82, 2.24) is 5.32 Å². The fourth-order valence-corrected chi connectivity index (χ4v) is 2.44. The van der Waals surface area contributed by atoms with Gasteiger partial charge in [0.25, 0.3) is 0 Å². The molecule has 132 valence electrons. The Morgan fingerprint density at radius 2 is 1.92 bits per heavy atom. The Labute approximate surface area is 142 Å². The quantitative estimate of drug-likeness (QED) is 0.537. The third-order valence-corrected chi connectivity index (χ3v) is 3.93. The van der Waals surface area contributed by atoms with Gasteiger partial charge in [-0.3, -0.25) is 9.59 Å². The minimum Gasteiger partial charge on any atom is -0.489 e. The van der Waals surface area contributed by atoms with Crippen molar-refractivity contribution in [1.29, 1.82) is 0 Å². The lowest BCUT2D eigenvalue weighted by Gasteiger charge is -2.18. The van der Waals surface area contributed by atoms with Crippen molar-refractivity contribution < 1.29 is 19.1 Å². The SMILES string of the molecule is COCCCNC(=O)C1(C(=O)Nc2ccccc2OC(C)C)CC1. The number of nitrogens with one attached hydrogen (secondary N) is 2. The summed E-state index contributed by atoms with van der Waals surface area (Å²) in [6.07, 6.45) is 1.87. The zero-order valence-corrected chi connectivity index (χ0v) is 14.6. The van der Waals surface area contributed by atoms with Gasteiger partial charge in [0.2, 0.25) is 11.8 Å². The van der Waals surface area contributed by atoms with Crippen LogP contribution in [0, 0.1) is 5.41 Å². The van der Waals surface area contributed by atoms with Gasteiger partial charge < -0.3 is 20.1 Å². The van der Waals surface area contributed by atoms with Gasteiger partial charge in [-0.2, -0.15) is 0 Å². The van der Waals surface area contributed by atoms with Gasteiger partial charge in [-0.15, -0.1) is 0 Å². The van der Waals surface area contributed by atoms with E-state index >= 15 is 0 Å². The smallest absolute Gasteiger partial charge is 0.240 e. The van der Waals surface area contributed by atoms with E-state index in [0.29, 0.717) is 37.4 Å². The van der Waals surface area contributed by atoms with Gasteiger partial charge in [0.1, 0.15) is 11.2 Å². The highest BCUT2D eigenvalue weighted by molar-refractivity contribution is 6.13. The van der Waals surface area contributed by atoms with E-state index in [-0.39, 0.29) is 17.9 Å². The summed E-state index contributed by atoms with van der Waals surface area (Å²) in [5.74, 6) is 0.127. The Balaban J connectivity index is 1.98. The van der Waals surface area contributed by atoms with Crippen LogP contribution in [0.4, 0.5) is 5.69 Å². The number of carbonyl (C=O) groups excluding carboxylic acids is 2. The molecule has 1 fully saturated rings. The predicted molar refractivity (Wildman–Crippen MR) is 92.0 cm³/mol. The van der Waals surface area contributed by atoms with E-state index < -0.39 is 5.41 Å². The first-order valence-corrected chi connectivity index (χ1v) is 8.34. The Morgan fingerprint density at radius 1 is 1.21 bits per heavy atom. The molecule has 24 heavy (non-hydrogen) atoms. The molecule has 6 heteroatoms. The van der Waals surface area contributed by atoms with E-state index in [1.165, 1.54) is 0 Å². The standard InChI is InChI=1S/C18H26N2O4/c1-13(2)24-15-8-5-4-7-14(15)20-17(22)18(9-10-18)16(21)19-11-6-12-23-3/h4-5,7-8,13H,6,9-12H2,1-3H3,(H,19,21)(H,20,22). The second kappa shape index (κ2) is 8.15. The van der Waals surface area contributed by atoms with E-state index in [1.54, 1.807) is 19.2 Å². The van der Waals surface area contributed by atoms with Crippen LogP contribution < -0.4 is 15.4 Å². The van der Waals surface area contributed by atoms with E-state index in [2.05, 4.69) is 10.6 Å². The predicted octanol–water partition coefficient (Wildman–Crippen LogP) is 2.35. The number of para-hydroxylation sites is 2. The van der Waals surface area contributed by atoms with Crippen LogP contribution >= 0.6 is 0 Å². The largest absolute Gasteiger partial charge is 0.489 e. The third-order valence-electron chi connectivity index (χ3n) is 3.93. The van der Waals surface area contributed by atoms with Gasteiger partial charge in [-0.1, -0.05) is 12.1 Å². The molecule has 0 radical (unpaired) electrons. The fourth-order valence-electron chi connectivity index (χ4n) is 2.44. The van der Waals surface area contributed by atoms with Crippen LogP contribution in [0.3, 0.4) is 0 Å². The molecule has 1 aliphatic carbocycles. The zero-order chi connectivity index (χ0) is 17.6. The van der Waals surface area contributed by atoms with Gasteiger partial charge in [-0.25, -0.2) is 0 Å². The lowest BCUT2D eigenvalue weighted by atomic mass is 10.0. The second-order valence-corrected chi connectivity index (χ2v) is 6.30. The average Bonchev–Trinajstić information content (AvgIpc) is 3.34. The number of carbonyl (C=O) groups is 2. The summed E-state index contributed by atoms with van der Waals surface area (Å²) in [7, 11) is 1.62. The van der Waals surface area contributed by atoms with Gasteiger partial charge in [-0.05, 0) is 45.2 Å². The number of anilines is 1. The van der Waals surface area contributed by atoms with Crippen molar-refractivity contribution in [2.75, 3.05) is 25.6 Å². The van der Waals surface area contributed by atoms with Crippen molar-refractivity contribution in [3.8, 4) is 5.75 Å². The minimum absolute atomic E-state index is 0.00187. The van der Waals surface area contributed by atoms with Crippen molar-refractivity contribution in [2.24, 2.45) is 5.41 Å². The maximum atomic E-state index is 12.6. The molecule has 0 aliphatic heterocycles. The van der Waals surface area contributed by atoms with Gasteiger partial charge in [0.05, 0.1) is 11.8 Å². The van der Waals surface area contributed by atoms with Crippen molar-refractivity contribution in [2.45, 2.75) is 39.2 Å². The number of benzene rings is 1. The van der Waals surface area contributed by atoms with E-state index in [1.807, 2.05) is 26.0 Å². The molecule has 0 spiro atoms.